The molecule has 0 aromatic rings. The third kappa shape index (κ3) is 4.00. The van der Waals surface area contributed by atoms with E-state index in [1.165, 1.54) is 0 Å². The summed E-state index contributed by atoms with van der Waals surface area (Å²) in [6, 6.07) is 0. The molecule has 0 aliphatic carbocycles. The summed E-state index contributed by atoms with van der Waals surface area (Å²) in [5, 5.41) is 7.93. The Balaban J connectivity index is 4.41. The Kier molecular flexibility index (Phi) is 5.60. The van der Waals surface area contributed by atoms with Gasteiger partial charge in [-0.25, -0.2) is 0 Å². The lowest BCUT2D eigenvalue weighted by Crippen LogP contribution is -2.32. The summed E-state index contributed by atoms with van der Waals surface area (Å²) in [5.41, 5.74) is 5.14. The van der Waals surface area contributed by atoms with Crippen LogP contribution in [-0.4, -0.2) is 27.5 Å². The van der Waals surface area contributed by atoms with Crippen molar-refractivity contribution in [3.05, 3.63) is 0 Å². The van der Waals surface area contributed by atoms with Crippen molar-refractivity contribution in [2.24, 2.45) is 11.7 Å². The Morgan fingerprint density at radius 3 is 2.14 bits per heavy atom. The number of carbonyl (C=O) groups excluding carboxylic acids is 1. The van der Waals surface area contributed by atoms with Gasteiger partial charge in [0.25, 0.3) is 0 Å². The van der Waals surface area contributed by atoms with Crippen LogP contribution in [0.25, 0.3) is 0 Å². The van der Waals surface area contributed by atoms with Crippen molar-refractivity contribution in [1.82, 2.24) is 0 Å². The number of rotatable bonds is 6. The largest absolute Gasteiger partial charge is 0.480 e. The van der Waals surface area contributed by atoms with E-state index in [-0.39, 0.29) is 5.92 Å². The summed E-state index contributed by atoms with van der Waals surface area (Å²) in [4.78, 5) is 21.8. The van der Waals surface area contributed by atoms with Crippen molar-refractivity contribution >= 4 is 23.6 Å². The number of hydrogen-bond acceptors (Lipinski definition) is 3. The molecule has 0 spiro atoms. The predicted octanol–water partition coefficient (Wildman–Crippen LogP) is 1.09. The SMILES string of the molecule is CCC(SC(C(=O)O)C(C)C)C(N)=O. The van der Waals surface area contributed by atoms with E-state index < -0.39 is 22.4 Å². The summed E-state index contributed by atoms with van der Waals surface area (Å²) in [5.74, 6) is -1.33. The fourth-order valence-electron chi connectivity index (χ4n) is 1.04. The number of aliphatic carboxylic acids is 1. The molecule has 0 rings (SSSR count). The van der Waals surface area contributed by atoms with Crippen LogP contribution in [0.5, 0.6) is 0 Å². The third-order valence-electron chi connectivity index (χ3n) is 1.85. The maximum absolute atomic E-state index is 10.9. The van der Waals surface area contributed by atoms with Crippen molar-refractivity contribution in [2.75, 3.05) is 0 Å². The topological polar surface area (TPSA) is 80.4 Å². The van der Waals surface area contributed by atoms with Gasteiger partial charge >= 0.3 is 5.97 Å². The quantitative estimate of drug-likeness (QED) is 0.700. The van der Waals surface area contributed by atoms with Crippen molar-refractivity contribution in [2.45, 2.75) is 37.7 Å². The average molecular weight is 219 g/mol. The molecule has 1 amide bonds. The van der Waals surface area contributed by atoms with Crippen LogP contribution in [0, 0.1) is 5.92 Å². The first-order valence-electron chi connectivity index (χ1n) is 4.57. The van der Waals surface area contributed by atoms with Gasteiger partial charge in [-0.15, -0.1) is 11.8 Å². The maximum Gasteiger partial charge on any atom is 0.316 e. The first-order valence-corrected chi connectivity index (χ1v) is 5.52. The Labute approximate surface area is 88.2 Å². The summed E-state index contributed by atoms with van der Waals surface area (Å²) in [7, 11) is 0. The van der Waals surface area contributed by atoms with Crippen LogP contribution >= 0.6 is 11.8 Å². The van der Waals surface area contributed by atoms with Crippen LogP contribution in [0.4, 0.5) is 0 Å². The number of carbonyl (C=O) groups is 2. The molecule has 0 heterocycles. The van der Waals surface area contributed by atoms with Gasteiger partial charge in [0.2, 0.25) is 5.91 Å². The summed E-state index contributed by atoms with van der Waals surface area (Å²) in [6.45, 7) is 5.46. The lowest BCUT2D eigenvalue weighted by atomic mass is 10.1. The molecule has 2 atom stereocenters. The van der Waals surface area contributed by atoms with Crippen LogP contribution in [0.1, 0.15) is 27.2 Å². The molecule has 0 aliphatic rings. The minimum absolute atomic E-state index is 0.00843. The molecule has 3 N–H and O–H groups in total. The van der Waals surface area contributed by atoms with Crippen molar-refractivity contribution in [3.8, 4) is 0 Å². The highest BCUT2D eigenvalue weighted by molar-refractivity contribution is 8.01. The van der Waals surface area contributed by atoms with Crippen LogP contribution in [0.3, 0.4) is 0 Å². The van der Waals surface area contributed by atoms with Gasteiger partial charge in [0.05, 0.1) is 5.25 Å². The highest BCUT2D eigenvalue weighted by Crippen LogP contribution is 2.26. The van der Waals surface area contributed by atoms with Gasteiger partial charge in [-0.3, -0.25) is 9.59 Å². The van der Waals surface area contributed by atoms with Crippen LogP contribution in [-0.2, 0) is 9.59 Å². The highest BCUT2D eigenvalue weighted by Gasteiger charge is 2.27. The zero-order valence-electron chi connectivity index (χ0n) is 8.69. The molecule has 2 unspecified atom stereocenters. The fraction of sp³-hybridized carbons (Fsp3) is 0.778. The van der Waals surface area contributed by atoms with E-state index in [2.05, 4.69) is 0 Å². The van der Waals surface area contributed by atoms with E-state index in [1.54, 1.807) is 0 Å². The maximum atomic E-state index is 10.9. The van der Waals surface area contributed by atoms with Gasteiger partial charge < -0.3 is 10.8 Å². The fourth-order valence-corrected chi connectivity index (χ4v) is 2.15. The van der Waals surface area contributed by atoms with Crippen LogP contribution < -0.4 is 5.73 Å². The van der Waals surface area contributed by atoms with E-state index in [1.807, 2.05) is 20.8 Å². The number of primary amides is 1. The Bertz CT molecular complexity index is 218. The molecule has 0 aliphatic heterocycles. The molecule has 0 bridgehead atoms. The lowest BCUT2D eigenvalue weighted by molar-refractivity contribution is -0.137. The third-order valence-corrected chi connectivity index (χ3v) is 3.78. The van der Waals surface area contributed by atoms with Gasteiger partial charge in [-0.2, -0.15) is 0 Å². The standard InChI is InChI=1S/C9H17NO3S/c1-4-6(8(10)11)14-7(5(2)3)9(12)13/h5-7H,4H2,1-3H3,(H2,10,11)(H,12,13). The minimum atomic E-state index is -0.885. The van der Waals surface area contributed by atoms with Crippen molar-refractivity contribution < 1.29 is 14.7 Å². The Morgan fingerprint density at radius 2 is 1.93 bits per heavy atom. The van der Waals surface area contributed by atoms with Gasteiger partial charge in [-0.1, -0.05) is 20.8 Å². The molecule has 4 nitrogen and oxygen atoms in total. The zero-order valence-corrected chi connectivity index (χ0v) is 9.50. The number of carboxylic acid groups (broad SMARTS) is 1. The Morgan fingerprint density at radius 1 is 1.43 bits per heavy atom. The average Bonchev–Trinajstić information content (AvgIpc) is 2.03. The summed E-state index contributed by atoms with van der Waals surface area (Å²) >= 11 is 1.14. The second kappa shape index (κ2) is 5.90. The minimum Gasteiger partial charge on any atom is -0.480 e. The van der Waals surface area contributed by atoms with Gasteiger partial charge in [-0.05, 0) is 12.3 Å². The number of hydrogen-bond donors (Lipinski definition) is 2. The van der Waals surface area contributed by atoms with E-state index in [9.17, 15) is 9.59 Å². The van der Waals surface area contributed by atoms with E-state index in [0.29, 0.717) is 6.42 Å². The van der Waals surface area contributed by atoms with Gasteiger partial charge in [0.15, 0.2) is 0 Å². The second-order valence-corrected chi connectivity index (χ2v) is 4.79. The number of thioether (sulfide) groups is 1. The van der Waals surface area contributed by atoms with Crippen molar-refractivity contribution in [1.29, 1.82) is 0 Å². The number of carboxylic acids is 1. The summed E-state index contributed by atoms with van der Waals surface area (Å²) < 4.78 is 0. The smallest absolute Gasteiger partial charge is 0.316 e. The van der Waals surface area contributed by atoms with Gasteiger partial charge in [0.1, 0.15) is 5.25 Å². The predicted molar refractivity (Wildman–Crippen MR) is 57.1 cm³/mol. The molecule has 0 saturated heterocycles. The molecule has 0 aromatic carbocycles. The van der Waals surface area contributed by atoms with Crippen molar-refractivity contribution in [3.63, 3.8) is 0 Å². The molecule has 5 heteroatoms. The van der Waals surface area contributed by atoms with E-state index in [4.69, 9.17) is 10.8 Å². The molecule has 14 heavy (non-hydrogen) atoms. The molecule has 0 saturated carbocycles. The summed E-state index contributed by atoms with van der Waals surface area (Å²) in [6.07, 6.45) is 0.566. The van der Waals surface area contributed by atoms with Crippen LogP contribution in [0.15, 0.2) is 0 Å². The molecule has 0 fully saturated rings. The van der Waals surface area contributed by atoms with E-state index in [0.717, 1.165) is 11.8 Å². The number of amides is 1. The monoisotopic (exact) mass is 219 g/mol. The van der Waals surface area contributed by atoms with Gasteiger partial charge in [0, 0.05) is 0 Å². The lowest BCUT2D eigenvalue weighted by Gasteiger charge is -2.19. The van der Waals surface area contributed by atoms with Crippen LogP contribution in [0.2, 0.25) is 0 Å². The molecule has 82 valence electrons. The molecular weight excluding hydrogens is 202 g/mol. The van der Waals surface area contributed by atoms with E-state index >= 15 is 0 Å². The molecular formula is C9H17NO3S. The first kappa shape index (κ1) is 13.3. The first-order chi connectivity index (χ1) is 6.40. The normalized spacial score (nSPS) is 15.1. The molecule has 0 aromatic heterocycles. The second-order valence-electron chi connectivity index (χ2n) is 3.44. The Hall–Kier alpha value is -0.710. The molecule has 0 radical (unpaired) electrons. The highest BCUT2D eigenvalue weighted by atomic mass is 32.2. The number of nitrogens with two attached hydrogens (primary N) is 1. The zero-order chi connectivity index (χ0) is 11.3.